The minimum Gasteiger partial charge on any atom is -1.00 e. The number of carbonyl (C=O) groups is 1. The van der Waals surface area contributed by atoms with Gasteiger partial charge < -0.3 is 26.2 Å². The largest absolute Gasteiger partial charge is 1.00 e. The second-order valence-corrected chi connectivity index (χ2v) is 7.65. The van der Waals surface area contributed by atoms with Crippen molar-refractivity contribution in [2.45, 2.75) is 38.3 Å². The maximum absolute atomic E-state index is 12.5. The van der Waals surface area contributed by atoms with E-state index < -0.39 is 0 Å². The number of hydrogen-bond donors (Lipinski definition) is 1. The van der Waals surface area contributed by atoms with E-state index in [4.69, 9.17) is 4.74 Å². The van der Waals surface area contributed by atoms with Crippen LogP contribution in [0.5, 0.6) is 0 Å². The summed E-state index contributed by atoms with van der Waals surface area (Å²) in [4.78, 5) is 12.5. The van der Waals surface area contributed by atoms with Crippen LogP contribution in [-0.2, 0) is 4.74 Å². The summed E-state index contributed by atoms with van der Waals surface area (Å²) in [5.41, 5.74) is 2.85. The van der Waals surface area contributed by atoms with E-state index >= 15 is 0 Å². The second kappa shape index (κ2) is 9.38. The van der Waals surface area contributed by atoms with Gasteiger partial charge in [-0.2, -0.15) is 0 Å². The van der Waals surface area contributed by atoms with Gasteiger partial charge in [-0.05, 0) is 18.1 Å². The first-order chi connectivity index (χ1) is 12.5. The number of hydrogen-bond acceptors (Lipinski definition) is 2. The number of benzene rings is 2. The highest BCUT2D eigenvalue weighted by Crippen LogP contribution is 2.29. The number of rotatable bonds is 4. The van der Waals surface area contributed by atoms with Crippen LogP contribution in [0, 0.1) is 0 Å². The molecule has 3 rings (SSSR count). The highest BCUT2D eigenvalue weighted by atomic mass is 79.9. The molecule has 1 aliphatic rings. The highest BCUT2D eigenvalue weighted by molar-refractivity contribution is 5.91. The van der Waals surface area contributed by atoms with Gasteiger partial charge in [0, 0.05) is 18.4 Å². The lowest BCUT2D eigenvalue weighted by molar-refractivity contribution is -0.921. The number of quaternary nitrogens is 1. The first-order valence-electron chi connectivity index (χ1n) is 9.44. The fourth-order valence-electron chi connectivity index (χ4n) is 3.89. The summed E-state index contributed by atoms with van der Waals surface area (Å²) in [5, 5.41) is 2.94. The molecule has 0 spiro atoms. The van der Waals surface area contributed by atoms with E-state index in [0.717, 1.165) is 47.1 Å². The number of ether oxygens (including phenoxy) is 1. The van der Waals surface area contributed by atoms with Crippen molar-refractivity contribution in [3.05, 3.63) is 54.6 Å². The predicted molar refractivity (Wildman–Crippen MR) is 106 cm³/mol. The number of carbonyl (C=O) groups excluding carboxylic acids is 1. The van der Waals surface area contributed by atoms with Crippen molar-refractivity contribution in [2.24, 2.45) is 0 Å². The van der Waals surface area contributed by atoms with E-state index in [1.165, 1.54) is 0 Å². The molecule has 2 atom stereocenters. The van der Waals surface area contributed by atoms with Crippen LogP contribution in [0.4, 0.5) is 10.5 Å². The summed E-state index contributed by atoms with van der Waals surface area (Å²) in [6.45, 7) is 3.25. The van der Waals surface area contributed by atoms with Crippen LogP contribution >= 0.6 is 0 Å². The molecule has 0 saturated carbocycles. The van der Waals surface area contributed by atoms with Crippen LogP contribution in [0.15, 0.2) is 54.6 Å². The van der Waals surface area contributed by atoms with Crippen molar-refractivity contribution in [2.75, 3.05) is 26.0 Å². The Hall–Kier alpha value is -1.85. The molecule has 1 N–H and O–H groups in total. The average molecular weight is 433 g/mol. The zero-order valence-electron chi connectivity index (χ0n) is 16.3. The SMILES string of the molecule is CC[C@@H]1C[C@@H](OC(=O)Nc2ccccc2-c2ccccc2)CC[N+]1(C)C.[Br-]. The first kappa shape index (κ1) is 21.5. The van der Waals surface area contributed by atoms with E-state index in [0.29, 0.717) is 6.04 Å². The average Bonchev–Trinajstić information content (AvgIpc) is 2.64. The Morgan fingerprint density at radius 2 is 1.78 bits per heavy atom. The normalized spacial score (nSPS) is 21.0. The lowest BCUT2D eigenvalue weighted by atomic mass is 9.95. The lowest BCUT2D eigenvalue weighted by Gasteiger charge is -2.43. The first-order valence-corrected chi connectivity index (χ1v) is 9.44. The molecule has 0 aromatic heterocycles. The third kappa shape index (κ3) is 5.33. The van der Waals surface area contributed by atoms with E-state index in [-0.39, 0.29) is 29.2 Å². The third-order valence-electron chi connectivity index (χ3n) is 5.54. The van der Waals surface area contributed by atoms with Crippen molar-refractivity contribution in [3.63, 3.8) is 0 Å². The monoisotopic (exact) mass is 432 g/mol. The van der Waals surface area contributed by atoms with E-state index in [9.17, 15) is 4.79 Å². The summed E-state index contributed by atoms with van der Waals surface area (Å²) in [6, 6.07) is 18.4. The summed E-state index contributed by atoms with van der Waals surface area (Å²) >= 11 is 0. The molecule has 0 aliphatic carbocycles. The van der Waals surface area contributed by atoms with Gasteiger partial charge in [0.1, 0.15) is 6.10 Å². The molecule has 5 heteroatoms. The van der Waals surface area contributed by atoms with Crippen LogP contribution in [0.1, 0.15) is 26.2 Å². The Morgan fingerprint density at radius 1 is 1.11 bits per heavy atom. The molecule has 1 fully saturated rings. The molecule has 4 nitrogen and oxygen atoms in total. The van der Waals surface area contributed by atoms with Crippen molar-refractivity contribution in [1.82, 2.24) is 0 Å². The fraction of sp³-hybridized carbons (Fsp3) is 0.409. The van der Waals surface area contributed by atoms with Gasteiger partial charge in [0.2, 0.25) is 0 Å². The Labute approximate surface area is 172 Å². The minimum absolute atomic E-state index is 0. The number of amides is 1. The molecule has 1 saturated heterocycles. The summed E-state index contributed by atoms with van der Waals surface area (Å²) in [7, 11) is 4.53. The maximum atomic E-state index is 12.5. The second-order valence-electron chi connectivity index (χ2n) is 7.65. The predicted octanol–water partition coefficient (Wildman–Crippen LogP) is 1.92. The van der Waals surface area contributed by atoms with Crippen LogP contribution in [0.3, 0.4) is 0 Å². The summed E-state index contributed by atoms with van der Waals surface area (Å²) < 4.78 is 6.76. The summed E-state index contributed by atoms with van der Waals surface area (Å²) in [6.07, 6.45) is 2.58. The molecule has 2 aromatic rings. The molecule has 1 aliphatic heterocycles. The molecular formula is C22H29BrN2O2. The number of para-hydroxylation sites is 1. The number of likely N-dealkylation sites (tertiary alicyclic amines) is 1. The highest BCUT2D eigenvalue weighted by Gasteiger charge is 2.36. The minimum atomic E-state index is -0.361. The van der Waals surface area contributed by atoms with Crippen molar-refractivity contribution >= 4 is 11.8 Å². The Balaban J connectivity index is 0.00000261. The van der Waals surface area contributed by atoms with Gasteiger partial charge in [0.05, 0.1) is 32.4 Å². The van der Waals surface area contributed by atoms with Crippen molar-refractivity contribution in [3.8, 4) is 11.1 Å². The number of nitrogens with zero attached hydrogens (tertiary/aromatic N) is 1. The standard InChI is InChI=1S/C22H28N2O2.BrH/c1-4-18-16-19(14-15-24(18,2)3)26-22(25)23-21-13-9-8-12-20(21)17-10-6-5-7-11-17;/h5-13,18-19H,4,14-16H2,1-3H3;1H/t18-,19+;/m1./s1. The number of halogens is 1. The van der Waals surface area contributed by atoms with E-state index in [1.54, 1.807) is 0 Å². The van der Waals surface area contributed by atoms with Gasteiger partial charge in [-0.3, -0.25) is 5.32 Å². The van der Waals surface area contributed by atoms with Crippen molar-refractivity contribution in [1.29, 1.82) is 0 Å². The lowest BCUT2D eigenvalue weighted by Crippen LogP contribution is -3.00. The molecule has 27 heavy (non-hydrogen) atoms. The topological polar surface area (TPSA) is 38.3 Å². The van der Waals surface area contributed by atoms with Gasteiger partial charge in [0.15, 0.2) is 0 Å². The Kier molecular flexibility index (Phi) is 7.45. The zero-order valence-corrected chi connectivity index (χ0v) is 17.9. The van der Waals surface area contributed by atoms with Gasteiger partial charge in [-0.25, -0.2) is 4.79 Å². The third-order valence-corrected chi connectivity index (χ3v) is 5.54. The molecule has 0 bridgehead atoms. The van der Waals surface area contributed by atoms with Gasteiger partial charge in [-0.1, -0.05) is 55.5 Å². The maximum Gasteiger partial charge on any atom is 0.411 e. The van der Waals surface area contributed by atoms with Crippen molar-refractivity contribution < 1.29 is 31.0 Å². The summed E-state index contributed by atoms with van der Waals surface area (Å²) in [5.74, 6) is 0. The molecule has 0 unspecified atom stereocenters. The molecule has 2 aromatic carbocycles. The molecule has 1 amide bonds. The van der Waals surface area contributed by atoms with Gasteiger partial charge >= 0.3 is 6.09 Å². The smallest absolute Gasteiger partial charge is 0.411 e. The van der Waals surface area contributed by atoms with E-state index in [1.807, 2.05) is 54.6 Å². The quantitative estimate of drug-likeness (QED) is 0.749. The van der Waals surface area contributed by atoms with E-state index in [2.05, 4.69) is 26.3 Å². The Morgan fingerprint density at radius 3 is 2.48 bits per heavy atom. The molecule has 0 radical (unpaired) electrons. The van der Waals surface area contributed by atoms with Crippen LogP contribution < -0.4 is 22.3 Å². The van der Waals surface area contributed by atoms with Crippen LogP contribution in [0.25, 0.3) is 11.1 Å². The van der Waals surface area contributed by atoms with Gasteiger partial charge in [0.25, 0.3) is 0 Å². The molecule has 146 valence electrons. The van der Waals surface area contributed by atoms with Crippen LogP contribution in [0.2, 0.25) is 0 Å². The zero-order chi connectivity index (χ0) is 18.6. The molecule has 1 heterocycles. The number of piperidine rings is 1. The van der Waals surface area contributed by atoms with Gasteiger partial charge in [-0.15, -0.1) is 0 Å². The Bertz CT molecular complexity index is 749. The number of nitrogens with one attached hydrogen (secondary N) is 1. The number of anilines is 1. The fourth-order valence-corrected chi connectivity index (χ4v) is 3.89. The molecular weight excluding hydrogens is 404 g/mol. The van der Waals surface area contributed by atoms with Crippen LogP contribution in [-0.4, -0.2) is 43.4 Å².